The van der Waals surface area contributed by atoms with E-state index in [1.165, 1.54) is 17.7 Å². The Hall–Kier alpha value is -1.81. The Bertz CT molecular complexity index is 556. The second kappa shape index (κ2) is 7.10. The van der Waals surface area contributed by atoms with Crippen LogP contribution >= 0.6 is 11.8 Å². The molecule has 2 aromatic rings. The zero-order valence-corrected chi connectivity index (χ0v) is 12.0. The van der Waals surface area contributed by atoms with Gasteiger partial charge in [0, 0.05) is 10.9 Å². The van der Waals surface area contributed by atoms with Crippen molar-refractivity contribution in [2.24, 2.45) is 0 Å². The van der Waals surface area contributed by atoms with Crippen LogP contribution in [0.15, 0.2) is 54.6 Å². The summed E-state index contributed by atoms with van der Waals surface area (Å²) in [5.41, 5.74) is 1.82. The molecule has 4 heteroatoms. The van der Waals surface area contributed by atoms with Crippen molar-refractivity contribution in [2.45, 2.75) is 12.2 Å². The van der Waals surface area contributed by atoms with Crippen LogP contribution in [0.25, 0.3) is 0 Å². The highest BCUT2D eigenvalue weighted by Crippen LogP contribution is 2.27. The molecule has 0 aliphatic heterocycles. The van der Waals surface area contributed by atoms with Gasteiger partial charge in [-0.2, -0.15) is 0 Å². The highest BCUT2D eigenvalue weighted by Gasteiger charge is 2.09. The third kappa shape index (κ3) is 4.38. The zero-order valence-electron chi connectivity index (χ0n) is 11.2. The Balaban J connectivity index is 1.82. The quantitative estimate of drug-likeness (QED) is 0.891. The fraction of sp³-hybridized carbons (Fsp3) is 0.188. The van der Waals surface area contributed by atoms with E-state index < -0.39 is 0 Å². The standard InChI is InChI=1S/C16H16FNOS/c1-12(13-5-3-2-4-6-13)20-11-16(19)18-15-9-7-14(17)8-10-15/h2-10,12H,11H2,1H3,(H,18,19)/t12-/m0/s1. The average molecular weight is 289 g/mol. The largest absolute Gasteiger partial charge is 0.325 e. The number of rotatable bonds is 5. The van der Waals surface area contributed by atoms with E-state index in [2.05, 4.69) is 24.4 Å². The topological polar surface area (TPSA) is 29.1 Å². The van der Waals surface area contributed by atoms with Crippen LogP contribution in [-0.4, -0.2) is 11.7 Å². The van der Waals surface area contributed by atoms with Gasteiger partial charge in [-0.15, -0.1) is 11.8 Å². The number of hydrogen-bond donors (Lipinski definition) is 1. The maximum atomic E-state index is 12.7. The Morgan fingerprint density at radius 1 is 1.15 bits per heavy atom. The molecule has 0 aliphatic carbocycles. The van der Waals surface area contributed by atoms with Crippen LogP contribution in [0.4, 0.5) is 10.1 Å². The van der Waals surface area contributed by atoms with Gasteiger partial charge in [0.15, 0.2) is 0 Å². The van der Waals surface area contributed by atoms with Gasteiger partial charge in [0.05, 0.1) is 5.75 Å². The van der Waals surface area contributed by atoms with Crippen LogP contribution in [0.1, 0.15) is 17.7 Å². The third-order valence-electron chi connectivity index (χ3n) is 2.86. The van der Waals surface area contributed by atoms with Crippen LogP contribution in [0.2, 0.25) is 0 Å². The molecule has 2 rings (SSSR count). The van der Waals surface area contributed by atoms with Crippen LogP contribution in [0, 0.1) is 5.82 Å². The van der Waals surface area contributed by atoms with Gasteiger partial charge in [-0.3, -0.25) is 4.79 Å². The van der Waals surface area contributed by atoms with E-state index in [1.54, 1.807) is 23.9 Å². The van der Waals surface area contributed by atoms with Crippen molar-refractivity contribution in [1.82, 2.24) is 0 Å². The molecule has 20 heavy (non-hydrogen) atoms. The minimum atomic E-state index is -0.310. The van der Waals surface area contributed by atoms with Crippen molar-refractivity contribution in [3.8, 4) is 0 Å². The van der Waals surface area contributed by atoms with E-state index >= 15 is 0 Å². The van der Waals surface area contributed by atoms with Crippen molar-refractivity contribution in [1.29, 1.82) is 0 Å². The molecule has 0 saturated carbocycles. The number of benzene rings is 2. The van der Waals surface area contributed by atoms with Crippen molar-refractivity contribution in [3.63, 3.8) is 0 Å². The normalized spacial score (nSPS) is 11.9. The average Bonchev–Trinajstić information content (AvgIpc) is 2.48. The Morgan fingerprint density at radius 3 is 2.45 bits per heavy atom. The van der Waals surface area contributed by atoms with Crippen molar-refractivity contribution < 1.29 is 9.18 Å². The van der Waals surface area contributed by atoms with Gasteiger partial charge < -0.3 is 5.32 Å². The van der Waals surface area contributed by atoms with E-state index in [9.17, 15) is 9.18 Å². The lowest BCUT2D eigenvalue weighted by Gasteiger charge is -2.11. The lowest BCUT2D eigenvalue weighted by Crippen LogP contribution is -2.14. The molecule has 0 saturated heterocycles. The first-order valence-corrected chi connectivity index (χ1v) is 7.42. The fourth-order valence-corrected chi connectivity index (χ4v) is 2.57. The van der Waals surface area contributed by atoms with Gasteiger partial charge in [0.1, 0.15) is 5.82 Å². The maximum Gasteiger partial charge on any atom is 0.234 e. The Kier molecular flexibility index (Phi) is 5.18. The molecule has 0 aromatic heterocycles. The summed E-state index contributed by atoms with van der Waals surface area (Å²) in [6.45, 7) is 2.07. The fourth-order valence-electron chi connectivity index (χ4n) is 1.75. The summed E-state index contributed by atoms with van der Waals surface area (Å²) in [6.07, 6.45) is 0. The van der Waals surface area contributed by atoms with Gasteiger partial charge in [0.2, 0.25) is 5.91 Å². The number of carbonyl (C=O) groups is 1. The van der Waals surface area contributed by atoms with Gasteiger partial charge >= 0.3 is 0 Å². The molecule has 0 radical (unpaired) electrons. The molecule has 104 valence electrons. The summed E-state index contributed by atoms with van der Waals surface area (Å²) in [5.74, 6) is -0.0209. The third-order valence-corrected chi connectivity index (χ3v) is 4.06. The molecule has 2 nitrogen and oxygen atoms in total. The summed E-state index contributed by atoms with van der Waals surface area (Å²) < 4.78 is 12.7. The van der Waals surface area contributed by atoms with Crippen LogP contribution < -0.4 is 5.32 Å². The van der Waals surface area contributed by atoms with E-state index in [-0.39, 0.29) is 17.0 Å². The van der Waals surface area contributed by atoms with Gasteiger partial charge in [-0.05, 0) is 36.8 Å². The predicted octanol–water partition coefficient (Wildman–Crippen LogP) is 4.26. The zero-order chi connectivity index (χ0) is 14.4. The molecular weight excluding hydrogens is 273 g/mol. The van der Waals surface area contributed by atoms with E-state index in [4.69, 9.17) is 0 Å². The Labute approximate surface area is 122 Å². The van der Waals surface area contributed by atoms with Gasteiger partial charge in [0.25, 0.3) is 0 Å². The molecular formula is C16H16FNOS. The minimum Gasteiger partial charge on any atom is -0.325 e. The second-order valence-corrected chi connectivity index (χ2v) is 5.75. The number of halogens is 1. The molecule has 0 spiro atoms. The second-order valence-electron chi connectivity index (χ2n) is 4.42. The maximum absolute atomic E-state index is 12.7. The predicted molar refractivity (Wildman–Crippen MR) is 82.3 cm³/mol. The molecule has 1 N–H and O–H groups in total. The van der Waals surface area contributed by atoms with E-state index in [0.717, 1.165) is 0 Å². The number of nitrogens with one attached hydrogen (secondary N) is 1. The monoisotopic (exact) mass is 289 g/mol. The van der Waals surface area contributed by atoms with E-state index in [1.807, 2.05) is 18.2 Å². The SMILES string of the molecule is C[C@H](SCC(=O)Nc1ccc(F)cc1)c1ccccc1. The molecule has 0 unspecified atom stereocenters. The molecule has 0 heterocycles. The summed E-state index contributed by atoms with van der Waals surface area (Å²) in [6, 6.07) is 15.8. The first-order valence-electron chi connectivity index (χ1n) is 6.37. The summed E-state index contributed by atoms with van der Waals surface area (Å²) in [7, 11) is 0. The first-order chi connectivity index (χ1) is 9.65. The van der Waals surface area contributed by atoms with Crippen molar-refractivity contribution in [2.75, 3.05) is 11.1 Å². The number of thioether (sulfide) groups is 1. The number of hydrogen-bond acceptors (Lipinski definition) is 2. The molecule has 2 aromatic carbocycles. The lowest BCUT2D eigenvalue weighted by molar-refractivity contribution is -0.113. The first kappa shape index (κ1) is 14.6. The molecule has 1 amide bonds. The molecule has 0 fully saturated rings. The minimum absolute atomic E-state index is 0.0793. The number of carbonyl (C=O) groups excluding carboxylic acids is 1. The van der Waals surface area contributed by atoms with Crippen molar-refractivity contribution in [3.05, 3.63) is 66.0 Å². The van der Waals surface area contributed by atoms with E-state index in [0.29, 0.717) is 11.4 Å². The van der Waals surface area contributed by atoms with Crippen LogP contribution in [0.3, 0.4) is 0 Å². The molecule has 0 aliphatic rings. The smallest absolute Gasteiger partial charge is 0.234 e. The van der Waals surface area contributed by atoms with Crippen molar-refractivity contribution >= 4 is 23.4 Å². The number of amides is 1. The summed E-state index contributed by atoms with van der Waals surface area (Å²) in [5, 5.41) is 3.01. The number of anilines is 1. The highest BCUT2D eigenvalue weighted by atomic mass is 32.2. The van der Waals surface area contributed by atoms with Crippen LogP contribution in [0.5, 0.6) is 0 Å². The Morgan fingerprint density at radius 2 is 1.80 bits per heavy atom. The molecule has 1 atom stereocenters. The summed E-state index contributed by atoms with van der Waals surface area (Å²) >= 11 is 1.57. The van der Waals surface area contributed by atoms with Gasteiger partial charge in [-0.1, -0.05) is 30.3 Å². The van der Waals surface area contributed by atoms with Crippen LogP contribution in [-0.2, 0) is 4.79 Å². The molecule has 0 bridgehead atoms. The summed E-state index contributed by atoms with van der Waals surface area (Å²) in [4.78, 5) is 11.8. The highest BCUT2D eigenvalue weighted by molar-refractivity contribution is 8.00. The van der Waals surface area contributed by atoms with Gasteiger partial charge in [-0.25, -0.2) is 4.39 Å². The lowest BCUT2D eigenvalue weighted by atomic mass is 10.2.